The fourth-order valence-electron chi connectivity index (χ4n) is 18.3. The maximum Gasteiger partial charge on any atom is 0.0641 e. The Balaban J connectivity index is 0.666. The lowest BCUT2D eigenvalue weighted by Gasteiger charge is -2.26. The van der Waals surface area contributed by atoms with Crippen LogP contribution in [0, 0.1) is 0 Å². The van der Waals surface area contributed by atoms with Crippen molar-refractivity contribution >= 4 is 164 Å². The van der Waals surface area contributed by atoms with Crippen molar-refractivity contribution in [1.29, 1.82) is 0 Å². The molecule has 0 unspecified atom stereocenters. The average molecular weight is 1430 g/mol. The maximum atomic E-state index is 2.56. The van der Waals surface area contributed by atoms with Crippen LogP contribution in [0.1, 0.15) is 0 Å². The van der Waals surface area contributed by atoms with Gasteiger partial charge in [0.05, 0.1) is 44.1 Å². The molecule has 4 aromatic heterocycles. The Hall–Kier alpha value is -15.0. The van der Waals surface area contributed by atoms with Gasteiger partial charge in [-0.3, -0.25) is 0 Å². The van der Waals surface area contributed by atoms with Crippen LogP contribution in [0.2, 0.25) is 0 Å². The summed E-state index contributed by atoms with van der Waals surface area (Å²) in [5.74, 6) is 0. The predicted molar refractivity (Wildman–Crippen MR) is 474 cm³/mol. The zero-order valence-electron chi connectivity index (χ0n) is 60.9. The molecule has 0 bridgehead atoms. The highest BCUT2D eigenvalue weighted by Gasteiger charge is 2.26. The molecule has 0 amide bonds. The molecule has 0 saturated heterocycles. The Labute approximate surface area is 645 Å². The van der Waals surface area contributed by atoms with Crippen LogP contribution < -0.4 is 9.80 Å². The molecule has 0 aliphatic carbocycles. The highest BCUT2D eigenvalue weighted by atomic mass is 15.1. The van der Waals surface area contributed by atoms with E-state index < -0.39 is 0 Å². The Morgan fingerprint density at radius 2 is 0.464 bits per heavy atom. The van der Waals surface area contributed by atoms with Crippen LogP contribution in [0.15, 0.2) is 413 Å². The Morgan fingerprint density at radius 1 is 0.152 bits per heavy atom. The van der Waals surface area contributed by atoms with E-state index in [0.29, 0.717) is 0 Å². The van der Waals surface area contributed by atoms with Gasteiger partial charge < -0.3 is 28.1 Å². The van der Waals surface area contributed by atoms with Crippen LogP contribution in [-0.4, -0.2) is 18.3 Å². The molecule has 23 aromatic rings. The van der Waals surface area contributed by atoms with Crippen LogP contribution in [0.3, 0.4) is 0 Å². The predicted octanol–water partition coefficient (Wildman–Crippen LogP) is 29.0. The summed E-state index contributed by atoms with van der Waals surface area (Å²) in [6.07, 6.45) is 0. The summed E-state index contributed by atoms with van der Waals surface area (Å²) in [5, 5.41) is 19.2. The number of aromatic nitrogens is 4. The number of anilines is 6. The lowest BCUT2D eigenvalue weighted by atomic mass is 10.0. The molecule has 19 aromatic carbocycles. The third-order valence-electron chi connectivity index (χ3n) is 23.4. The molecule has 0 aliphatic heterocycles. The van der Waals surface area contributed by atoms with Crippen molar-refractivity contribution in [2.24, 2.45) is 0 Å². The van der Waals surface area contributed by atoms with Gasteiger partial charge in [0.1, 0.15) is 0 Å². The first-order valence-corrected chi connectivity index (χ1v) is 38.5. The molecule has 6 nitrogen and oxygen atoms in total. The van der Waals surface area contributed by atoms with E-state index in [4.69, 9.17) is 0 Å². The van der Waals surface area contributed by atoms with Crippen LogP contribution in [0.25, 0.3) is 175 Å². The quantitative estimate of drug-likeness (QED) is 0.122. The number of benzene rings is 19. The smallest absolute Gasteiger partial charge is 0.0641 e. The monoisotopic (exact) mass is 1420 g/mol. The van der Waals surface area contributed by atoms with Crippen molar-refractivity contribution in [3.8, 4) is 45.0 Å². The zero-order chi connectivity index (χ0) is 73.5. The molecular formula is C106H68N6. The molecule has 0 atom stereocenters. The number of rotatable bonds is 12. The maximum absolute atomic E-state index is 2.56. The van der Waals surface area contributed by atoms with Gasteiger partial charge in [-0.2, -0.15) is 0 Å². The molecule has 0 N–H and O–H groups in total. The van der Waals surface area contributed by atoms with Crippen molar-refractivity contribution < 1.29 is 0 Å². The van der Waals surface area contributed by atoms with Crippen LogP contribution in [0.4, 0.5) is 34.1 Å². The minimum absolute atomic E-state index is 1.07. The average Bonchev–Trinajstić information content (AvgIpc) is 1.53. The molecule has 0 spiro atoms. The highest BCUT2D eigenvalue weighted by Crippen LogP contribution is 2.49. The van der Waals surface area contributed by atoms with E-state index in [1.165, 1.54) is 120 Å². The van der Waals surface area contributed by atoms with E-state index >= 15 is 0 Å². The molecule has 6 heteroatoms. The van der Waals surface area contributed by atoms with Crippen molar-refractivity contribution in [2.75, 3.05) is 9.80 Å². The van der Waals surface area contributed by atoms with Gasteiger partial charge in [-0.15, -0.1) is 0 Å². The third kappa shape index (κ3) is 9.99. The molecule has 0 saturated carbocycles. The van der Waals surface area contributed by atoms with E-state index in [1.807, 2.05) is 0 Å². The number of nitrogens with zero attached hydrogens (tertiary/aromatic N) is 6. The van der Waals surface area contributed by atoms with Crippen LogP contribution in [-0.2, 0) is 0 Å². The SMILES string of the molecule is c1ccc(-n2c3ccccc3c3cc(-c4ccc(N(c5ccc6ccccc6c5)c5ccc6c(ccc7c8c(ccc9c%10ccc%11cc(N(c%12ccc(-c%13ccc%14c(c%13)c%13ccccc%13n%14-c%13ccccc%13)cc%12)c%12ccc%13ccccc%13c%12)ccc%11c%10n(-c%10ccccc%10)c98)n(-c8ccccc8)c67)c5)cc4)ccc32)cc1. The number of hydrogen-bond donors (Lipinski definition) is 0. The molecule has 0 radical (unpaired) electrons. The summed E-state index contributed by atoms with van der Waals surface area (Å²) in [4.78, 5) is 4.84. The number of fused-ring (bicyclic) bond motifs is 19. The third-order valence-corrected chi connectivity index (χ3v) is 23.4. The summed E-state index contributed by atoms with van der Waals surface area (Å²) in [7, 11) is 0. The molecule has 0 aliphatic rings. The van der Waals surface area contributed by atoms with Gasteiger partial charge in [-0.1, -0.05) is 249 Å². The van der Waals surface area contributed by atoms with E-state index in [2.05, 4.69) is 441 Å². The van der Waals surface area contributed by atoms with E-state index in [1.54, 1.807) is 0 Å². The first kappa shape index (κ1) is 63.1. The molecule has 112 heavy (non-hydrogen) atoms. The summed E-state index contributed by atoms with van der Waals surface area (Å²) in [5.41, 5.74) is 25.1. The van der Waals surface area contributed by atoms with Gasteiger partial charge in [0.2, 0.25) is 0 Å². The Bertz CT molecular complexity index is 7720. The number of para-hydroxylation sites is 6. The van der Waals surface area contributed by atoms with Crippen molar-refractivity contribution in [3.63, 3.8) is 0 Å². The summed E-state index contributed by atoms with van der Waals surface area (Å²) >= 11 is 0. The van der Waals surface area contributed by atoms with Crippen LogP contribution >= 0.6 is 0 Å². The van der Waals surface area contributed by atoms with Gasteiger partial charge >= 0.3 is 0 Å². The van der Waals surface area contributed by atoms with Crippen molar-refractivity contribution in [3.05, 3.63) is 413 Å². The molecule has 0 fully saturated rings. The van der Waals surface area contributed by atoms with Gasteiger partial charge in [0.15, 0.2) is 0 Å². The molecule has 23 rings (SSSR count). The Kier molecular flexibility index (Phi) is 14.3. The second kappa shape index (κ2) is 25.3. The Morgan fingerprint density at radius 3 is 0.938 bits per heavy atom. The van der Waals surface area contributed by atoms with Gasteiger partial charge in [0.25, 0.3) is 0 Å². The summed E-state index contributed by atoms with van der Waals surface area (Å²) in [6, 6.07) is 152. The fourth-order valence-corrected chi connectivity index (χ4v) is 18.3. The van der Waals surface area contributed by atoms with Crippen molar-refractivity contribution in [1.82, 2.24) is 18.3 Å². The largest absolute Gasteiger partial charge is 0.310 e. The van der Waals surface area contributed by atoms with Gasteiger partial charge in [-0.25, -0.2) is 0 Å². The summed E-state index contributed by atoms with van der Waals surface area (Å²) in [6.45, 7) is 0. The molecular weight excluding hydrogens is 1360 g/mol. The van der Waals surface area contributed by atoms with E-state index in [-0.39, 0.29) is 0 Å². The zero-order valence-corrected chi connectivity index (χ0v) is 60.9. The first-order chi connectivity index (χ1) is 55.5. The van der Waals surface area contributed by atoms with E-state index in [9.17, 15) is 0 Å². The normalized spacial score (nSPS) is 11.9. The topological polar surface area (TPSA) is 26.2 Å². The first-order valence-electron chi connectivity index (χ1n) is 38.5. The highest BCUT2D eigenvalue weighted by molar-refractivity contribution is 6.31. The summed E-state index contributed by atoms with van der Waals surface area (Å²) < 4.78 is 9.83. The standard InChI is InChI=1S/C106H68N6/c1-5-25-79(26-6-1)109-98-35-19-17-33-91(98)96-67-75(45-60-100(96)109)71-37-47-83(48-38-71)107(85-51-41-69-21-13-15-23-73(69)63-85)87-53-57-89-77(65-87)43-55-93-94-59-62-102-103(106(94)112(104(89)93)82-31-11-4-12-32-82)95-56-44-78-66-88(54-58-90(78)105(95)111(102)81-29-9-3-10-30-81)108(86-52-42-70-22-14-16-24-74(70)64-86)84-49-39-72(40-50-84)76-46-61-101-97(68-76)92-34-18-20-36-99(92)110(101)80-27-7-2-8-28-80/h1-68H. The lowest BCUT2D eigenvalue weighted by Crippen LogP contribution is -2.10. The fraction of sp³-hybridized carbons (Fsp3) is 0. The van der Waals surface area contributed by atoms with Gasteiger partial charge in [0, 0.05) is 111 Å². The second-order valence-electron chi connectivity index (χ2n) is 29.6. The second-order valence-corrected chi connectivity index (χ2v) is 29.6. The molecule has 522 valence electrons. The number of hydrogen-bond acceptors (Lipinski definition) is 2. The van der Waals surface area contributed by atoms with Crippen LogP contribution in [0.5, 0.6) is 0 Å². The minimum atomic E-state index is 1.07. The van der Waals surface area contributed by atoms with E-state index in [0.717, 1.165) is 89.8 Å². The van der Waals surface area contributed by atoms with Gasteiger partial charge in [-0.05, 0) is 218 Å². The molecule has 4 heterocycles. The minimum Gasteiger partial charge on any atom is -0.310 e. The lowest BCUT2D eigenvalue weighted by molar-refractivity contribution is 1.18. The van der Waals surface area contributed by atoms with Crippen molar-refractivity contribution in [2.45, 2.75) is 0 Å².